The summed E-state index contributed by atoms with van der Waals surface area (Å²) in [6.07, 6.45) is 16.1. The first-order valence-corrected chi connectivity index (χ1v) is 31.1. The van der Waals surface area contributed by atoms with E-state index in [0.29, 0.717) is 89.4 Å². The molecule has 1 saturated heterocycles. The first kappa shape index (κ1) is 65.0. The van der Waals surface area contributed by atoms with E-state index in [1.54, 1.807) is 0 Å². The van der Waals surface area contributed by atoms with Gasteiger partial charge in [-0.05, 0) is 177 Å². The topological polar surface area (TPSA) is 167 Å². The number of amides is 2. The van der Waals surface area contributed by atoms with E-state index in [4.69, 9.17) is 28.4 Å². The fourth-order valence-corrected chi connectivity index (χ4v) is 13.9. The zero-order chi connectivity index (χ0) is 55.1. The Bertz CT molecular complexity index is 1450. The van der Waals surface area contributed by atoms with Gasteiger partial charge in [-0.1, -0.05) is 55.4 Å². The lowest BCUT2D eigenvalue weighted by Gasteiger charge is -2.46. The van der Waals surface area contributed by atoms with Crippen LogP contribution in [0.5, 0.6) is 0 Å². The van der Waals surface area contributed by atoms with Crippen LogP contribution in [0.25, 0.3) is 0 Å². The van der Waals surface area contributed by atoms with Gasteiger partial charge in [-0.25, -0.2) is 9.59 Å². The third-order valence-electron chi connectivity index (χ3n) is 19.3. The summed E-state index contributed by atoms with van der Waals surface area (Å²) >= 11 is 0. The second-order valence-corrected chi connectivity index (χ2v) is 24.9. The van der Waals surface area contributed by atoms with Crippen molar-refractivity contribution in [3.05, 3.63) is 0 Å². The Morgan fingerprint density at radius 2 is 0.724 bits per heavy atom. The summed E-state index contributed by atoms with van der Waals surface area (Å²) in [7, 11) is 0. The number of piperazine rings is 1. The van der Waals surface area contributed by atoms with E-state index in [-0.39, 0.29) is 47.5 Å². The fourth-order valence-electron chi connectivity index (χ4n) is 13.9. The second-order valence-electron chi connectivity index (χ2n) is 24.9. The Kier molecular flexibility index (Phi) is 28.9. The largest absolute Gasteiger partial charge is 0.442 e. The van der Waals surface area contributed by atoms with Crippen molar-refractivity contribution >= 4 is 12.2 Å². The number of aliphatic hydroxyl groups excluding tert-OH is 2. The average Bonchev–Trinajstić information content (AvgIpc) is 3.42. The van der Waals surface area contributed by atoms with Crippen LogP contribution in [-0.4, -0.2) is 209 Å². The quantitative estimate of drug-likeness (QED) is 0.0506. The molecule has 0 aromatic carbocycles. The highest BCUT2D eigenvalue weighted by atomic mass is 16.6. The first-order valence-electron chi connectivity index (χ1n) is 31.1. The van der Waals surface area contributed by atoms with Gasteiger partial charge in [-0.15, -0.1) is 0 Å². The minimum atomic E-state index is -0.434. The third kappa shape index (κ3) is 21.6. The Morgan fingerprint density at radius 1 is 0.461 bits per heavy atom. The van der Waals surface area contributed by atoms with Gasteiger partial charge in [0.2, 0.25) is 0 Å². The molecule has 1 aliphatic heterocycles. The molecule has 0 bridgehead atoms. The maximum Gasteiger partial charge on any atom is 0.407 e. The molecule has 444 valence electrons. The van der Waals surface area contributed by atoms with Crippen molar-refractivity contribution in [1.82, 2.24) is 30.2 Å². The molecule has 76 heavy (non-hydrogen) atoms. The molecule has 2 amide bonds. The number of ether oxygens (including phenoxy) is 6. The predicted molar refractivity (Wildman–Crippen MR) is 303 cm³/mol. The summed E-state index contributed by atoms with van der Waals surface area (Å²) < 4.78 is 37.6. The van der Waals surface area contributed by atoms with Crippen molar-refractivity contribution < 1.29 is 48.2 Å². The highest BCUT2D eigenvalue weighted by Gasteiger charge is 2.43. The Hall–Kier alpha value is -1.86. The highest BCUT2D eigenvalue weighted by Crippen LogP contribution is 2.50. The van der Waals surface area contributed by atoms with Gasteiger partial charge < -0.3 is 59.1 Å². The van der Waals surface area contributed by atoms with Crippen LogP contribution < -0.4 is 10.6 Å². The lowest BCUT2D eigenvalue weighted by Crippen LogP contribution is -2.52. The number of nitrogens with one attached hydrogen (secondary N) is 2. The zero-order valence-electron chi connectivity index (χ0n) is 49.9. The molecule has 4 N–H and O–H groups in total. The van der Waals surface area contributed by atoms with Crippen LogP contribution in [-0.2, 0) is 28.4 Å². The van der Waals surface area contributed by atoms with Gasteiger partial charge in [0.25, 0.3) is 0 Å². The molecular formula is C60H114N6O10. The fraction of sp³-hybridized carbons (Fsp3) is 0.967. The molecule has 0 aromatic rings. The van der Waals surface area contributed by atoms with Crippen molar-refractivity contribution in [2.75, 3.05) is 118 Å². The van der Waals surface area contributed by atoms with Gasteiger partial charge >= 0.3 is 12.2 Å². The summed E-state index contributed by atoms with van der Waals surface area (Å²) in [5.41, 5.74) is 0.497. The van der Waals surface area contributed by atoms with Crippen LogP contribution in [0.1, 0.15) is 172 Å². The van der Waals surface area contributed by atoms with Gasteiger partial charge in [0.05, 0.1) is 63.1 Å². The molecule has 5 fully saturated rings. The number of hydrogen-bond donors (Lipinski definition) is 4. The van der Waals surface area contributed by atoms with Crippen molar-refractivity contribution in [3.8, 4) is 0 Å². The summed E-state index contributed by atoms with van der Waals surface area (Å²) in [5, 5.41) is 26.7. The van der Waals surface area contributed by atoms with Gasteiger partial charge in [0.1, 0.15) is 12.2 Å². The number of aliphatic hydroxyl groups is 2. The van der Waals surface area contributed by atoms with Gasteiger partial charge in [0, 0.05) is 65.4 Å². The van der Waals surface area contributed by atoms with E-state index in [1.807, 2.05) is 13.8 Å². The molecule has 5 aliphatic rings. The van der Waals surface area contributed by atoms with Gasteiger partial charge in [-0.2, -0.15) is 0 Å². The maximum atomic E-state index is 12.8. The zero-order valence-corrected chi connectivity index (χ0v) is 49.9. The van der Waals surface area contributed by atoms with Crippen LogP contribution in [0.4, 0.5) is 9.59 Å². The summed E-state index contributed by atoms with van der Waals surface area (Å²) in [4.78, 5) is 34.8. The minimum Gasteiger partial charge on any atom is -0.442 e. The number of likely N-dealkylation sites (N-methyl/N-ethyl adjacent to an activating group) is 2. The summed E-state index contributed by atoms with van der Waals surface area (Å²) in [5.74, 6) is 2.65. The predicted octanol–water partition coefficient (Wildman–Crippen LogP) is 8.59. The Labute approximate surface area is 462 Å². The van der Waals surface area contributed by atoms with E-state index < -0.39 is 24.4 Å². The van der Waals surface area contributed by atoms with E-state index >= 15 is 0 Å². The molecule has 4 saturated carbocycles. The molecule has 4 aliphatic carbocycles. The van der Waals surface area contributed by atoms with E-state index in [1.165, 1.54) is 25.7 Å². The number of nitrogens with zero attached hydrogens (tertiary/aromatic N) is 4. The molecule has 4 atom stereocenters. The molecule has 4 unspecified atom stereocenters. The number of carbonyl (C=O) groups excluding carboxylic acids is 2. The Balaban J connectivity index is 1.01. The van der Waals surface area contributed by atoms with Crippen LogP contribution in [0, 0.1) is 34.5 Å². The average molecular weight is 1080 g/mol. The molecule has 1 heterocycles. The molecule has 16 nitrogen and oxygen atoms in total. The molecule has 5 rings (SSSR count). The number of alkyl carbamates (subject to hydrolysis) is 2. The van der Waals surface area contributed by atoms with E-state index in [0.717, 1.165) is 129 Å². The van der Waals surface area contributed by atoms with Crippen LogP contribution in [0.15, 0.2) is 0 Å². The Morgan fingerprint density at radius 3 is 0.974 bits per heavy atom. The van der Waals surface area contributed by atoms with Gasteiger partial charge in [-0.3, -0.25) is 9.80 Å². The number of rotatable bonds is 32. The molecule has 0 radical (unpaired) electrons. The smallest absolute Gasteiger partial charge is 0.407 e. The second kappa shape index (κ2) is 33.8. The van der Waals surface area contributed by atoms with E-state index in [2.05, 4.69) is 85.6 Å². The van der Waals surface area contributed by atoms with Crippen LogP contribution in [0.3, 0.4) is 0 Å². The SMILES string of the molecule is CCNC(=O)OC(COC1CCC(C(C)(C)C2CCC(OCC(O)CN(CC)CC)CC2)CC1)CN1CCN(CC(COC2CCC(C(C)(C)C3CCC(OCC(O)CN(CC)CC)CC3)CC2)OC(=O)NCC)CC1. The highest BCUT2D eigenvalue weighted by molar-refractivity contribution is 5.67. The molecular weight excluding hydrogens is 965 g/mol. The third-order valence-corrected chi connectivity index (χ3v) is 19.3. The lowest BCUT2D eigenvalue weighted by atomic mass is 9.60. The normalized spacial score (nSPS) is 28.2. The maximum absolute atomic E-state index is 12.8. The summed E-state index contributed by atoms with van der Waals surface area (Å²) in [6.45, 7) is 34.5. The van der Waals surface area contributed by atoms with Crippen molar-refractivity contribution in [1.29, 1.82) is 0 Å². The van der Waals surface area contributed by atoms with E-state index in [9.17, 15) is 19.8 Å². The molecule has 0 aromatic heterocycles. The molecule has 0 spiro atoms. The monoisotopic (exact) mass is 1080 g/mol. The minimum absolute atomic E-state index is 0.161. The summed E-state index contributed by atoms with van der Waals surface area (Å²) in [6, 6.07) is 0. The van der Waals surface area contributed by atoms with Crippen LogP contribution >= 0.6 is 0 Å². The van der Waals surface area contributed by atoms with Crippen molar-refractivity contribution in [2.45, 2.75) is 221 Å². The number of hydrogen-bond acceptors (Lipinski definition) is 14. The van der Waals surface area contributed by atoms with Crippen molar-refractivity contribution in [2.24, 2.45) is 34.5 Å². The standard InChI is InChI=1S/C60H114N6O10/c1-11-61-57(69)75-55(43-73-53-29-21-47(22-30-53)59(7,8)45-17-25-51(26-18-45)71-41-49(67)37-63(13-3)14-4)39-65-33-35-66(36-34-65)40-56(76-58(70)62-12-2)44-74-54-31-23-48(24-32-54)60(9,10)46-19-27-52(28-20-46)72-42-50(68)38-64(15-5)16-6/h45-56,67-68H,11-44H2,1-10H3,(H,61,69)(H,62,70). The van der Waals surface area contributed by atoms with Crippen LogP contribution in [0.2, 0.25) is 0 Å². The molecule has 16 heteroatoms. The van der Waals surface area contributed by atoms with Crippen molar-refractivity contribution in [3.63, 3.8) is 0 Å². The lowest BCUT2D eigenvalue weighted by molar-refractivity contribution is -0.0702. The number of carbonyl (C=O) groups is 2. The first-order chi connectivity index (χ1) is 36.5. The van der Waals surface area contributed by atoms with Gasteiger partial charge in [0.15, 0.2) is 0 Å².